The number of aryl methyl sites for hydroxylation is 2. The van der Waals surface area contributed by atoms with Gasteiger partial charge in [-0.25, -0.2) is 9.97 Å². The summed E-state index contributed by atoms with van der Waals surface area (Å²) in [5.74, 6) is 1.13. The molecule has 0 aliphatic carbocycles. The highest BCUT2D eigenvalue weighted by Crippen LogP contribution is 2.20. The molecule has 1 atom stereocenters. The van der Waals surface area contributed by atoms with Crippen molar-refractivity contribution in [3.63, 3.8) is 0 Å². The van der Waals surface area contributed by atoms with E-state index in [9.17, 15) is 0 Å². The predicted molar refractivity (Wildman–Crippen MR) is 58.6 cm³/mol. The Labute approximate surface area is 88.1 Å². The van der Waals surface area contributed by atoms with E-state index < -0.39 is 0 Å². The van der Waals surface area contributed by atoms with Crippen LogP contribution in [0.15, 0.2) is 12.1 Å². The maximum Gasteiger partial charge on any atom is 0.160 e. The van der Waals surface area contributed by atoms with Crippen LogP contribution < -0.4 is 5.73 Å². The molecule has 2 aromatic rings. The molecule has 0 radical (unpaired) electrons. The zero-order chi connectivity index (χ0) is 10.4. The average molecular weight is 202 g/mol. The maximum absolute atomic E-state index is 5.96. The molecule has 78 valence electrons. The summed E-state index contributed by atoms with van der Waals surface area (Å²) in [6, 6.07) is 4.28. The molecule has 3 rings (SSSR count). The van der Waals surface area contributed by atoms with Gasteiger partial charge < -0.3 is 10.3 Å². The summed E-state index contributed by atoms with van der Waals surface area (Å²) in [4.78, 5) is 9.10. The Balaban J connectivity index is 2.25. The van der Waals surface area contributed by atoms with Crippen LogP contribution in [0.2, 0.25) is 0 Å². The van der Waals surface area contributed by atoms with E-state index in [2.05, 4.69) is 14.5 Å². The fraction of sp³-hybridized carbons (Fsp3) is 0.455. The molecule has 1 aliphatic heterocycles. The van der Waals surface area contributed by atoms with Crippen LogP contribution in [-0.2, 0) is 13.0 Å². The van der Waals surface area contributed by atoms with Gasteiger partial charge in [-0.05, 0) is 25.5 Å². The van der Waals surface area contributed by atoms with E-state index >= 15 is 0 Å². The first-order valence-electron chi connectivity index (χ1n) is 5.32. The van der Waals surface area contributed by atoms with Crippen molar-refractivity contribution in [1.82, 2.24) is 14.5 Å². The number of hydrogen-bond acceptors (Lipinski definition) is 3. The van der Waals surface area contributed by atoms with E-state index in [0.29, 0.717) is 0 Å². The molecule has 2 aromatic heterocycles. The first-order chi connectivity index (χ1) is 7.24. The SMILES string of the molecule is Cc1ccc2nc3n(c2n1)C[C@H](N)CC3. The standard InChI is InChI=1S/C11H14N4/c1-7-2-4-9-11(13-7)15-6-8(12)3-5-10(15)14-9/h2,4,8H,3,5-6,12H2,1H3/t8-/m1/s1. The number of aromatic nitrogens is 3. The van der Waals surface area contributed by atoms with Crippen molar-refractivity contribution in [1.29, 1.82) is 0 Å². The Kier molecular flexibility index (Phi) is 1.79. The average Bonchev–Trinajstić information content (AvgIpc) is 2.56. The molecule has 0 aromatic carbocycles. The van der Waals surface area contributed by atoms with E-state index in [1.807, 2.05) is 19.1 Å². The summed E-state index contributed by atoms with van der Waals surface area (Å²) >= 11 is 0. The summed E-state index contributed by atoms with van der Waals surface area (Å²) in [5, 5.41) is 0. The van der Waals surface area contributed by atoms with Gasteiger partial charge in [-0.2, -0.15) is 0 Å². The van der Waals surface area contributed by atoms with Gasteiger partial charge in [-0.1, -0.05) is 0 Å². The molecule has 4 nitrogen and oxygen atoms in total. The molecule has 0 unspecified atom stereocenters. The van der Waals surface area contributed by atoms with Crippen LogP contribution in [0.1, 0.15) is 17.9 Å². The molecular weight excluding hydrogens is 188 g/mol. The molecule has 15 heavy (non-hydrogen) atoms. The van der Waals surface area contributed by atoms with Crippen molar-refractivity contribution in [2.75, 3.05) is 0 Å². The molecular formula is C11H14N4. The lowest BCUT2D eigenvalue weighted by molar-refractivity contribution is 0.460. The Morgan fingerprint density at radius 3 is 3.13 bits per heavy atom. The summed E-state index contributed by atoms with van der Waals surface area (Å²) in [5.41, 5.74) is 8.97. The van der Waals surface area contributed by atoms with Crippen LogP contribution in [0.3, 0.4) is 0 Å². The third kappa shape index (κ3) is 1.33. The van der Waals surface area contributed by atoms with Gasteiger partial charge in [-0.3, -0.25) is 0 Å². The van der Waals surface area contributed by atoms with Crippen molar-refractivity contribution >= 4 is 11.2 Å². The zero-order valence-electron chi connectivity index (χ0n) is 8.77. The second-order valence-corrected chi connectivity index (χ2v) is 4.23. The first kappa shape index (κ1) is 8.85. The predicted octanol–water partition coefficient (Wildman–Crippen LogP) is 1.01. The highest BCUT2D eigenvalue weighted by molar-refractivity contribution is 5.71. The smallest absolute Gasteiger partial charge is 0.160 e. The number of pyridine rings is 1. The molecule has 2 N–H and O–H groups in total. The van der Waals surface area contributed by atoms with Crippen LogP contribution in [0, 0.1) is 6.92 Å². The van der Waals surface area contributed by atoms with Gasteiger partial charge in [0.2, 0.25) is 0 Å². The van der Waals surface area contributed by atoms with Gasteiger partial charge in [0.05, 0.1) is 0 Å². The van der Waals surface area contributed by atoms with Gasteiger partial charge in [0, 0.05) is 24.7 Å². The number of nitrogens with two attached hydrogens (primary N) is 1. The molecule has 0 bridgehead atoms. The largest absolute Gasteiger partial charge is 0.326 e. The third-order valence-electron chi connectivity index (χ3n) is 2.97. The molecule has 0 amide bonds. The summed E-state index contributed by atoms with van der Waals surface area (Å²) in [6.45, 7) is 2.85. The number of hydrogen-bond donors (Lipinski definition) is 1. The van der Waals surface area contributed by atoms with Crippen LogP contribution in [0.25, 0.3) is 11.2 Å². The third-order valence-corrected chi connectivity index (χ3v) is 2.97. The maximum atomic E-state index is 5.96. The number of nitrogens with zero attached hydrogens (tertiary/aromatic N) is 3. The zero-order valence-corrected chi connectivity index (χ0v) is 8.77. The molecule has 1 aliphatic rings. The van der Waals surface area contributed by atoms with E-state index in [4.69, 9.17) is 5.73 Å². The minimum absolute atomic E-state index is 0.247. The van der Waals surface area contributed by atoms with Crippen LogP contribution in [-0.4, -0.2) is 20.6 Å². The number of rotatable bonds is 0. The molecule has 0 saturated heterocycles. The van der Waals surface area contributed by atoms with Crippen LogP contribution in [0.4, 0.5) is 0 Å². The summed E-state index contributed by atoms with van der Waals surface area (Å²) in [7, 11) is 0. The van der Waals surface area contributed by atoms with Crippen LogP contribution >= 0.6 is 0 Å². The number of fused-ring (bicyclic) bond motifs is 3. The molecule has 0 fully saturated rings. The van der Waals surface area contributed by atoms with Gasteiger partial charge in [0.25, 0.3) is 0 Å². The quantitative estimate of drug-likeness (QED) is 0.693. The molecule has 0 spiro atoms. The lowest BCUT2D eigenvalue weighted by Gasteiger charge is -2.20. The van der Waals surface area contributed by atoms with Crippen molar-refractivity contribution in [2.24, 2.45) is 5.73 Å². The monoisotopic (exact) mass is 202 g/mol. The van der Waals surface area contributed by atoms with Crippen LogP contribution in [0.5, 0.6) is 0 Å². The second-order valence-electron chi connectivity index (χ2n) is 4.23. The minimum Gasteiger partial charge on any atom is -0.326 e. The Hall–Kier alpha value is -1.42. The van der Waals surface area contributed by atoms with E-state index in [1.165, 1.54) is 0 Å². The van der Waals surface area contributed by atoms with Crippen molar-refractivity contribution in [3.8, 4) is 0 Å². The Morgan fingerprint density at radius 1 is 1.40 bits per heavy atom. The van der Waals surface area contributed by atoms with Gasteiger partial charge >= 0.3 is 0 Å². The molecule has 0 saturated carbocycles. The molecule has 3 heterocycles. The number of imidazole rings is 1. The molecule has 4 heteroatoms. The fourth-order valence-corrected chi connectivity index (χ4v) is 2.17. The minimum atomic E-state index is 0.247. The summed E-state index contributed by atoms with van der Waals surface area (Å²) in [6.07, 6.45) is 2.00. The van der Waals surface area contributed by atoms with Crippen molar-refractivity contribution < 1.29 is 0 Å². The second kappa shape index (κ2) is 3.03. The van der Waals surface area contributed by atoms with Crippen molar-refractivity contribution in [2.45, 2.75) is 32.4 Å². The van der Waals surface area contributed by atoms with Gasteiger partial charge in [0.1, 0.15) is 11.3 Å². The summed E-state index contributed by atoms with van der Waals surface area (Å²) < 4.78 is 2.16. The first-order valence-corrected chi connectivity index (χ1v) is 5.32. The highest BCUT2D eigenvalue weighted by Gasteiger charge is 2.19. The van der Waals surface area contributed by atoms with Gasteiger partial charge in [-0.15, -0.1) is 0 Å². The van der Waals surface area contributed by atoms with E-state index in [-0.39, 0.29) is 6.04 Å². The van der Waals surface area contributed by atoms with Crippen molar-refractivity contribution in [3.05, 3.63) is 23.7 Å². The topological polar surface area (TPSA) is 56.7 Å². The normalized spacial score (nSPS) is 20.5. The lowest BCUT2D eigenvalue weighted by atomic mass is 10.1. The van der Waals surface area contributed by atoms with E-state index in [0.717, 1.165) is 42.1 Å². The fourth-order valence-electron chi connectivity index (χ4n) is 2.17. The van der Waals surface area contributed by atoms with Gasteiger partial charge in [0.15, 0.2) is 5.65 Å². The van der Waals surface area contributed by atoms with E-state index in [1.54, 1.807) is 0 Å². The Bertz CT molecular complexity index is 515. The highest BCUT2D eigenvalue weighted by atomic mass is 15.1. The Morgan fingerprint density at radius 2 is 2.27 bits per heavy atom. The lowest BCUT2D eigenvalue weighted by Crippen LogP contribution is -2.32.